The van der Waals surface area contributed by atoms with Gasteiger partial charge >= 0.3 is 0 Å². The number of aromatic nitrogens is 4. The highest BCUT2D eigenvalue weighted by Gasteiger charge is 2.12. The van der Waals surface area contributed by atoms with E-state index in [-0.39, 0.29) is 0 Å². The molecule has 0 aliphatic carbocycles. The molecule has 0 saturated carbocycles. The van der Waals surface area contributed by atoms with E-state index in [9.17, 15) is 0 Å². The van der Waals surface area contributed by atoms with Gasteiger partial charge in [0.2, 0.25) is 5.13 Å². The Morgan fingerprint density at radius 3 is 2.73 bits per heavy atom. The summed E-state index contributed by atoms with van der Waals surface area (Å²) in [6.07, 6.45) is 7.05. The fourth-order valence-corrected chi connectivity index (χ4v) is 3.21. The summed E-state index contributed by atoms with van der Waals surface area (Å²) in [6, 6.07) is 13.8. The van der Waals surface area contributed by atoms with Crippen molar-refractivity contribution in [3.8, 4) is 16.9 Å². The first-order valence-electron chi connectivity index (χ1n) is 8.06. The van der Waals surface area contributed by atoms with Crippen molar-refractivity contribution in [1.29, 1.82) is 0 Å². The smallest absolute Gasteiger partial charge is 0.203 e. The van der Waals surface area contributed by atoms with Gasteiger partial charge in [-0.2, -0.15) is 10.2 Å². The number of hydrogen-bond donors (Lipinski definition) is 1. The number of thiazole rings is 1. The van der Waals surface area contributed by atoms with Gasteiger partial charge in [0, 0.05) is 23.3 Å². The summed E-state index contributed by atoms with van der Waals surface area (Å²) in [7, 11) is 0. The van der Waals surface area contributed by atoms with Gasteiger partial charge in [0.25, 0.3) is 0 Å². The van der Waals surface area contributed by atoms with Crippen LogP contribution in [-0.4, -0.2) is 26.0 Å². The Labute approximate surface area is 154 Å². The SMILES string of the molecule is Cc1c(-c2csc(N/N=C/c3ccncc3)n2)cnn1-c1ccccc1. The van der Waals surface area contributed by atoms with Crippen molar-refractivity contribution >= 4 is 22.7 Å². The highest BCUT2D eigenvalue weighted by atomic mass is 32.1. The van der Waals surface area contributed by atoms with E-state index in [0.717, 1.165) is 33.3 Å². The molecule has 4 rings (SSSR count). The first-order valence-corrected chi connectivity index (χ1v) is 8.94. The Hall–Kier alpha value is -3.32. The Kier molecular flexibility index (Phi) is 4.53. The molecule has 0 saturated heterocycles. The van der Waals surface area contributed by atoms with Crippen LogP contribution >= 0.6 is 11.3 Å². The van der Waals surface area contributed by atoms with Crippen molar-refractivity contribution in [3.05, 3.63) is 77.7 Å². The molecule has 1 N–H and O–H groups in total. The third-order valence-corrected chi connectivity index (χ3v) is 4.62. The van der Waals surface area contributed by atoms with Crippen molar-refractivity contribution in [1.82, 2.24) is 19.7 Å². The predicted molar refractivity (Wildman–Crippen MR) is 105 cm³/mol. The van der Waals surface area contributed by atoms with Crippen molar-refractivity contribution < 1.29 is 0 Å². The van der Waals surface area contributed by atoms with E-state index in [2.05, 4.69) is 25.6 Å². The van der Waals surface area contributed by atoms with Gasteiger partial charge in [0.1, 0.15) is 0 Å². The third kappa shape index (κ3) is 3.38. The van der Waals surface area contributed by atoms with Gasteiger partial charge < -0.3 is 0 Å². The number of nitrogens with one attached hydrogen (secondary N) is 1. The molecule has 128 valence electrons. The average Bonchev–Trinajstić information content (AvgIpc) is 3.30. The lowest BCUT2D eigenvalue weighted by Gasteiger charge is -2.04. The normalized spacial score (nSPS) is 11.1. The topological polar surface area (TPSA) is 68.0 Å². The van der Waals surface area contributed by atoms with Crippen molar-refractivity contribution in [3.63, 3.8) is 0 Å². The first kappa shape index (κ1) is 16.2. The first-order chi connectivity index (χ1) is 12.8. The number of anilines is 1. The summed E-state index contributed by atoms with van der Waals surface area (Å²) < 4.78 is 1.92. The minimum atomic E-state index is 0.733. The molecule has 0 atom stereocenters. The molecule has 4 aromatic rings. The largest absolute Gasteiger partial charge is 0.265 e. The van der Waals surface area contributed by atoms with Crippen LogP contribution in [0.25, 0.3) is 16.9 Å². The number of pyridine rings is 1. The summed E-state index contributed by atoms with van der Waals surface area (Å²) in [4.78, 5) is 8.59. The fourth-order valence-electron chi connectivity index (χ4n) is 2.55. The van der Waals surface area contributed by atoms with Crippen LogP contribution in [0.1, 0.15) is 11.3 Å². The molecule has 0 unspecified atom stereocenters. The molecule has 0 fully saturated rings. The van der Waals surface area contributed by atoms with E-state index in [0.29, 0.717) is 0 Å². The second kappa shape index (κ2) is 7.28. The van der Waals surface area contributed by atoms with Gasteiger partial charge in [0.05, 0.1) is 29.5 Å². The van der Waals surface area contributed by atoms with Gasteiger partial charge in [0.15, 0.2) is 0 Å². The minimum absolute atomic E-state index is 0.733. The van der Waals surface area contributed by atoms with Crippen LogP contribution in [0.15, 0.2) is 71.5 Å². The lowest BCUT2D eigenvalue weighted by molar-refractivity contribution is 0.847. The fraction of sp³-hybridized carbons (Fsp3) is 0.0526. The van der Waals surface area contributed by atoms with Crippen molar-refractivity contribution in [2.75, 3.05) is 5.43 Å². The molecule has 0 aliphatic rings. The number of para-hydroxylation sites is 1. The van der Waals surface area contributed by atoms with Gasteiger partial charge in [-0.15, -0.1) is 11.3 Å². The van der Waals surface area contributed by atoms with Gasteiger partial charge in [-0.25, -0.2) is 9.67 Å². The quantitative estimate of drug-likeness (QED) is 0.429. The highest BCUT2D eigenvalue weighted by molar-refractivity contribution is 7.14. The van der Waals surface area contributed by atoms with Crippen LogP contribution < -0.4 is 5.43 Å². The van der Waals surface area contributed by atoms with Crippen molar-refractivity contribution in [2.24, 2.45) is 5.10 Å². The number of hydrogen-bond acceptors (Lipinski definition) is 6. The van der Waals surface area contributed by atoms with Crippen LogP contribution in [0.4, 0.5) is 5.13 Å². The lowest BCUT2D eigenvalue weighted by atomic mass is 10.2. The monoisotopic (exact) mass is 360 g/mol. The van der Waals surface area contributed by atoms with E-state index < -0.39 is 0 Å². The third-order valence-electron chi connectivity index (χ3n) is 3.87. The van der Waals surface area contributed by atoms with Crippen LogP contribution in [0, 0.1) is 6.92 Å². The molecule has 3 heterocycles. The Morgan fingerprint density at radius 2 is 1.92 bits per heavy atom. The van der Waals surface area contributed by atoms with E-state index in [1.165, 1.54) is 11.3 Å². The van der Waals surface area contributed by atoms with E-state index >= 15 is 0 Å². The molecule has 0 bridgehead atoms. The Bertz CT molecular complexity index is 1020. The number of rotatable bonds is 5. The average molecular weight is 360 g/mol. The zero-order valence-corrected chi connectivity index (χ0v) is 14.9. The molecule has 0 amide bonds. The molecular formula is C19H16N6S. The number of benzene rings is 1. The number of nitrogens with zero attached hydrogens (tertiary/aromatic N) is 5. The molecule has 3 aromatic heterocycles. The maximum absolute atomic E-state index is 4.61. The predicted octanol–water partition coefficient (Wildman–Crippen LogP) is 4.15. The van der Waals surface area contributed by atoms with Crippen LogP contribution in [0.2, 0.25) is 0 Å². The van der Waals surface area contributed by atoms with Gasteiger partial charge in [-0.1, -0.05) is 18.2 Å². The zero-order valence-electron chi connectivity index (χ0n) is 14.1. The maximum Gasteiger partial charge on any atom is 0.203 e. The lowest BCUT2D eigenvalue weighted by Crippen LogP contribution is -1.98. The molecule has 6 nitrogen and oxygen atoms in total. The second-order valence-corrected chi connectivity index (χ2v) is 6.44. The molecule has 0 radical (unpaired) electrons. The minimum Gasteiger partial charge on any atom is -0.265 e. The maximum atomic E-state index is 4.61. The van der Waals surface area contributed by atoms with E-state index in [1.54, 1.807) is 18.6 Å². The summed E-state index contributed by atoms with van der Waals surface area (Å²) in [6.45, 7) is 2.05. The van der Waals surface area contributed by atoms with Gasteiger partial charge in [-0.05, 0) is 36.8 Å². The highest BCUT2D eigenvalue weighted by Crippen LogP contribution is 2.28. The Balaban J connectivity index is 1.52. The summed E-state index contributed by atoms with van der Waals surface area (Å²) in [5.74, 6) is 0. The molecule has 1 aromatic carbocycles. The molecule has 7 heteroatoms. The summed E-state index contributed by atoms with van der Waals surface area (Å²) in [5, 5.41) is 11.5. The van der Waals surface area contributed by atoms with Crippen LogP contribution in [0.5, 0.6) is 0 Å². The second-order valence-electron chi connectivity index (χ2n) is 5.58. The number of hydrazone groups is 1. The molecular weight excluding hydrogens is 344 g/mol. The van der Waals surface area contributed by atoms with E-state index in [1.807, 2.05) is 65.6 Å². The van der Waals surface area contributed by atoms with Crippen LogP contribution in [-0.2, 0) is 0 Å². The van der Waals surface area contributed by atoms with Crippen molar-refractivity contribution in [2.45, 2.75) is 6.92 Å². The zero-order chi connectivity index (χ0) is 17.8. The van der Waals surface area contributed by atoms with Gasteiger partial charge in [-0.3, -0.25) is 10.4 Å². The van der Waals surface area contributed by atoms with E-state index in [4.69, 9.17) is 0 Å². The standard InChI is InChI=1S/C19H16N6S/c1-14-17(12-22-25(14)16-5-3-2-4-6-16)18-13-26-19(23-18)24-21-11-15-7-9-20-10-8-15/h2-13H,1H3,(H,23,24)/b21-11+. The molecule has 0 aliphatic heterocycles. The molecule has 0 spiro atoms. The summed E-state index contributed by atoms with van der Waals surface area (Å²) in [5.41, 5.74) is 7.93. The molecule has 26 heavy (non-hydrogen) atoms. The summed E-state index contributed by atoms with van der Waals surface area (Å²) >= 11 is 1.51. The van der Waals surface area contributed by atoms with Crippen LogP contribution in [0.3, 0.4) is 0 Å². The Morgan fingerprint density at radius 1 is 1.12 bits per heavy atom.